The summed E-state index contributed by atoms with van der Waals surface area (Å²) < 4.78 is 17.0. The molecular formula is C29H25ClN2O4. The van der Waals surface area contributed by atoms with Crippen molar-refractivity contribution < 1.29 is 19.0 Å². The summed E-state index contributed by atoms with van der Waals surface area (Å²) in [7, 11) is 1.54. The van der Waals surface area contributed by atoms with Gasteiger partial charge < -0.3 is 14.2 Å². The molecule has 0 saturated carbocycles. The largest absolute Gasteiger partial charge is 0.493 e. The molecule has 0 aliphatic rings. The van der Waals surface area contributed by atoms with Crippen LogP contribution in [0.4, 0.5) is 0 Å². The van der Waals surface area contributed by atoms with Crippen LogP contribution < -0.4 is 19.6 Å². The van der Waals surface area contributed by atoms with Gasteiger partial charge in [0.15, 0.2) is 11.5 Å². The third-order valence-electron chi connectivity index (χ3n) is 5.24. The molecule has 0 aromatic heterocycles. The number of hydrogen-bond acceptors (Lipinski definition) is 5. The fourth-order valence-corrected chi connectivity index (χ4v) is 3.42. The number of nitrogens with zero attached hydrogens (tertiary/aromatic N) is 1. The van der Waals surface area contributed by atoms with Gasteiger partial charge in [-0.05, 0) is 71.3 Å². The Bertz CT molecular complexity index is 1310. The highest BCUT2D eigenvalue weighted by Gasteiger charge is 2.11. The molecule has 0 aliphatic carbocycles. The van der Waals surface area contributed by atoms with Crippen molar-refractivity contribution >= 4 is 23.7 Å². The highest BCUT2D eigenvalue weighted by Crippen LogP contribution is 2.29. The predicted molar refractivity (Wildman–Crippen MR) is 141 cm³/mol. The number of nitrogens with one attached hydrogen (secondary N) is 1. The molecule has 1 amide bonds. The first-order valence-electron chi connectivity index (χ1n) is 11.3. The summed E-state index contributed by atoms with van der Waals surface area (Å²) in [5.41, 5.74) is 5.82. The fraction of sp³-hybridized carbons (Fsp3) is 0.103. The maximum atomic E-state index is 12.5. The summed E-state index contributed by atoms with van der Waals surface area (Å²) in [4.78, 5) is 12.5. The van der Waals surface area contributed by atoms with E-state index in [-0.39, 0.29) is 5.91 Å². The predicted octanol–water partition coefficient (Wildman–Crippen LogP) is 6.27. The molecule has 0 unspecified atom stereocenters. The van der Waals surface area contributed by atoms with Gasteiger partial charge in [0.2, 0.25) is 0 Å². The monoisotopic (exact) mass is 500 g/mol. The van der Waals surface area contributed by atoms with Gasteiger partial charge in [0.05, 0.1) is 13.3 Å². The maximum absolute atomic E-state index is 12.5. The average Bonchev–Trinajstić information content (AvgIpc) is 2.92. The van der Waals surface area contributed by atoms with Crippen molar-refractivity contribution in [3.05, 3.63) is 124 Å². The topological polar surface area (TPSA) is 69.2 Å². The molecule has 4 aromatic rings. The Labute approximate surface area is 215 Å². The van der Waals surface area contributed by atoms with Crippen molar-refractivity contribution in [2.75, 3.05) is 7.11 Å². The number of ether oxygens (including phenoxy) is 3. The Hall–Kier alpha value is -4.29. The van der Waals surface area contributed by atoms with E-state index in [0.29, 0.717) is 35.3 Å². The molecule has 1 N–H and O–H groups in total. The Balaban J connectivity index is 1.29. The van der Waals surface area contributed by atoms with E-state index in [9.17, 15) is 4.79 Å². The molecule has 182 valence electrons. The molecule has 0 bridgehead atoms. The number of benzene rings is 4. The fourth-order valence-electron chi connectivity index (χ4n) is 3.29. The summed E-state index contributed by atoms with van der Waals surface area (Å²) in [6.07, 6.45) is 1.56. The molecule has 0 heterocycles. The van der Waals surface area contributed by atoms with Crippen LogP contribution in [0.2, 0.25) is 5.02 Å². The van der Waals surface area contributed by atoms with Crippen LogP contribution in [0.15, 0.2) is 102 Å². The zero-order valence-electron chi connectivity index (χ0n) is 19.7. The minimum absolute atomic E-state index is 0.359. The van der Waals surface area contributed by atoms with E-state index in [2.05, 4.69) is 10.5 Å². The Morgan fingerprint density at radius 2 is 1.53 bits per heavy atom. The van der Waals surface area contributed by atoms with Gasteiger partial charge in [-0.2, -0.15) is 5.10 Å². The molecule has 36 heavy (non-hydrogen) atoms. The lowest BCUT2D eigenvalue weighted by atomic mass is 10.2. The molecule has 0 aliphatic heterocycles. The molecule has 0 atom stereocenters. The zero-order valence-corrected chi connectivity index (χ0v) is 20.4. The van der Waals surface area contributed by atoms with Crippen LogP contribution in [-0.2, 0) is 13.2 Å². The SMILES string of the molecule is COc1cc(C(=O)N/N=C/c2ccc(OCc3ccc(Cl)cc3)cc2)ccc1OCc1ccccc1. The Morgan fingerprint density at radius 3 is 2.25 bits per heavy atom. The lowest BCUT2D eigenvalue weighted by Gasteiger charge is -2.12. The van der Waals surface area contributed by atoms with Crippen molar-refractivity contribution in [3.63, 3.8) is 0 Å². The number of amides is 1. The smallest absolute Gasteiger partial charge is 0.271 e. The van der Waals surface area contributed by atoms with Gasteiger partial charge in [0.25, 0.3) is 5.91 Å². The lowest BCUT2D eigenvalue weighted by Crippen LogP contribution is -2.17. The third kappa shape index (κ3) is 7.10. The van der Waals surface area contributed by atoms with Crippen LogP contribution in [0.3, 0.4) is 0 Å². The van der Waals surface area contributed by atoms with Crippen molar-refractivity contribution in [1.29, 1.82) is 0 Å². The number of carbonyl (C=O) groups is 1. The van der Waals surface area contributed by atoms with E-state index in [4.69, 9.17) is 25.8 Å². The summed E-state index contributed by atoms with van der Waals surface area (Å²) in [6.45, 7) is 0.845. The normalized spacial score (nSPS) is 10.7. The van der Waals surface area contributed by atoms with Gasteiger partial charge in [0, 0.05) is 10.6 Å². The van der Waals surface area contributed by atoms with Gasteiger partial charge in [0.1, 0.15) is 19.0 Å². The van der Waals surface area contributed by atoms with Gasteiger partial charge in [-0.15, -0.1) is 0 Å². The van der Waals surface area contributed by atoms with E-state index in [1.807, 2.05) is 78.9 Å². The first-order valence-corrected chi connectivity index (χ1v) is 11.6. The van der Waals surface area contributed by atoms with Crippen molar-refractivity contribution in [2.24, 2.45) is 5.10 Å². The summed E-state index contributed by atoms with van der Waals surface area (Å²) in [5, 5.41) is 4.75. The van der Waals surface area contributed by atoms with Gasteiger partial charge in [-0.3, -0.25) is 4.79 Å². The highest BCUT2D eigenvalue weighted by atomic mass is 35.5. The van der Waals surface area contributed by atoms with Crippen LogP contribution in [0.5, 0.6) is 17.2 Å². The maximum Gasteiger partial charge on any atom is 0.271 e. The number of halogens is 1. The van der Waals surface area contributed by atoms with Crippen molar-refractivity contribution in [2.45, 2.75) is 13.2 Å². The first-order chi connectivity index (χ1) is 17.6. The van der Waals surface area contributed by atoms with Crippen molar-refractivity contribution in [1.82, 2.24) is 5.43 Å². The summed E-state index contributed by atoms with van der Waals surface area (Å²) in [6, 6.07) is 29.7. The second-order valence-corrected chi connectivity index (χ2v) is 8.26. The molecule has 4 rings (SSSR count). The van der Waals surface area contributed by atoms with Crippen LogP contribution in [-0.4, -0.2) is 19.2 Å². The zero-order chi connectivity index (χ0) is 25.2. The lowest BCUT2D eigenvalue weighted by molar-refractivity contribution is 0.0954. The number of hydrogen-bond donors (Lipinski definition) is 1. The van der Waals surface area contributed by atoms with Gasteiger partial charge in [-0.25, -0.2) is 5.43 Å². The average molecular weight is 501 g/mol. The Kier molecular flexibility index (Phi) is 8.57. The van der Waals surface area contributed by atoms with Gasteiger partial charge >= 0.3 is 0 Å². The second-order valence-electron chi connectivity index (χ2n) is 7.82. The standard InChI is InChI=1S/C29H25ClN2O4/c1-34-28-17-24(11-16-27(28)36-20-22-5-3-2-4-6-22)29(33)32-31-18-21-9-14-26(15-10-21)35-19-23-7-12-25(30)13-8-23/h2-18H,19-20H2,1H3,(H,32,33)/b31-18+. The van der Waals surface area contributed by atoms with E-state index in [0.717, 1.165) is 22.4 Å². The third-order valence-corrected chi connectivity index (χ3v) is 5.49. The molecule has 0 radical (unpaired) electrons. The minimum atomic E-state index is -0.359. The summed E-state index contributed by atoms with van der Waals surface area (Å²) >= 11 is 5.90. The number of rotatable bonds is 10. The van der Waals surface area contributed by atoms with Crippen LogP contribution in [0.1, 0.15) is 27.0 Å². The van der Waals surface area contributed by atoms with Gasteiger partial charge in [-0.1, -0.05) is 54.1 Å². The quantitative estimate of drug-likeness (QED) is 0.206. The molecule has 0 spiro atoms. The second kappa shape index (κ2) is 12.4. The van der Waals surface area contributed by atoms with Crippen LogP contribution in [0.25, 0.3) is 0 Å². The van der Waals surface area contributed by atoms with E-state index in [1.165, 1.54) is 7.11 Å². The minimum Gasteiger partial charge on any atom is -0.493 e. The van der Waals surface area contributed by atoms with Crippen LogP contribution in [0, 0.1) is 0 Å². The Morgan fingerprint density at radius 1 is 0.833 bits per heavy atom. The number of hydrazone groups is 1. The molecule has 4 aromatic carbocycles. The van der Waals surface area contributed by atoms with Crippen LogP contribution >= 0.6 is 11.6 Å². The van der Waals surface area contributed by atoms with E-state index in [1.54, 1.807) is 24.4 Å². The van der Waals surface area contributed by atoms with Crippen molar-refractivity contribution in [3.8, 4) is 17.2 Å². The first kappa shape index (κ1) is 24.8. The van der Waals surface area contributed by atoms with E-state index < -0.39 is 0 Å². The molecule has 6 nitrogen and oxygen atoms in total. The number of carbonyl (C=O) groups excluding carboxylic acids is 1. The number of methoxy groups -OCH3 is 1. The summed E-state index contributed by atoms with van der Waals surface area (Å²) in [5.74, 6) is 1.39. The molecule has 7 heteroatoms. The van der Waals surface area contributed by atoms with E-state index >= 15 is 0 Å². The molecule has 0 saturated heterocycles. The molecule has 0 fully saturated rings. The highest BCUT2D eigenvalue weighted by molar-refractivity contribution is 6.30. The molecular weight excluding hydrogens is 476 g/mol.